The smallest absolute Gasteiger partial charge is 0.0505 e. The van der Waals surface area contributed by atoms with Crippen LogP contribution in [0, 0.1) is 9.49 Å². The molecule has 2 nitrogen and oxygen atoms in total. The van der Waals surface area contributed by atoms with E-state index >= 15 is 0 Å². The van der Waals surface area contributed by atoms with Gasteiger partial charge in [-0.15, -0.1) is 0 Å². The zero-order chi connectivity index (χ0) is 12.4. The second-order valence-electron chi connectivity index (χ2n) is 5.32. The van der Waals surface area contributed by atoms with Gasteiger partial charge in [0.1, 0.15) is 0 Å². The molecule has 0 atom stereocenters. The van der Waals surface area contributed by atoms with Gasteiger partial charge < -0.3 is 10.6 Å². The quantitative estimate of drug-likeness (QED) is 0.649. The van der Waals surface area contributed by atoms with Gasteiger partial charge in [-0.2, -0.15) is 0 Å². The summed E-state index contributed by atoms with van der Waals surface area (Å²) in [4.78, 5) is 2.57. The summed E-state index contributed by atoms with van der Waals surface area (Å²) in [6.07, 6.45) is 3.95. The van der Waals surface area contributed by atoms with Gasteiger partial charge in [-0.05, 0) is 66.0 Å². The summed E-state index contributed by atoms with van der Waals surface area (Å²) in [6.45, 7) is 5.75. The highest BCUT2D eigenvalue weighted by Crippen LogP contribution is 2.35. The zero-order valence-electron chi connectivity index (χ0n) is 10.6. The molecule has 1 aliphatic carbocycles. The van der Waals surface area contributed by atoms with Crippen molar-refractivity contribution in [1.29, 1.82) is 0 Å². The highest BCUT2D eigenvalue weighted by Gasteiger charge is 2.29. The Kier molecular flexibility index (Phi) is 4.17. The molecule has 0 bridgehead atoms. The van der Waals surface area contributed by atoms with Crippen molar-refractivity contribution < 1.29 is 0 Å². The van der Waals surface area contributed by atoms with E-state index in [9.17, 15) is 0 Å². The topological polar surface area (TPSA) is 29.3 Å². The van der Waals surface area contributed by atoms with Crippen LogP contribution in [0.15, 0.2) is 18.2 Å². The van der Waals surface area contributed by atoms with Crippen molar-refractivity contribution in [2.75, 3.05) is 17.2 Å². The lowest BCUT2D eigenvalue weighted by Gasteiger charge is -2.27. The number of nitrogens with zero attached hydrogens (tertiary/aromatic N) is 1. The Morgan fingerprint density at radius 2 is 2.12 bits per heavy atom. The highest BCUT2D eigenvalue weighted by atomic mass is 127. The number of hydrogen-bond acceptors (Lipinski definition) is 2. The van der Waals surface area contributed by atoms with Gasteiger partial charge in [-0.25, -0.2) is 0 Å². The van der Waals surface area contributed by atoms with Crippen molar-refractivity contribution in [1.82, 2.24) is 0 Å². The average Bonchev–Trinajstić information content (AvgIpc) is 3.04. The van der Waals surface area contributed by atoms with E-state index in [1.165, 1.54) is 35.1 Å². The largest absolute Gasteiger partial charge is 0.399 e. The third-order valence-corrected chi connectivity index (χ3v) is 4.08. The van der Waals surface area contributed by atoms with Gasteiger partial charge in [0.15, 0.2) is 0 Å². The van der Waals surface area contributed by atoms with Crippen molar-refractivity contribution in [3.8, 4) is 0 Å². The Labute approximate surface area is 118 Å². The molecule has 1 aromatic rings. The van der Waals surface area contributed by atoms with Crippen LogP contribution in [-0.4, -0.2) is 12.6 Å². The molecule has 1 aromatic carbocycles. The minimum absolute atomic E-state index is 0.766. The Morgan fingerprint density at radius 3 is 2.65 bits per heavy atom. The lowest BCUT2D eigenvalue weighted by molar-refractivity contribution is 0.570. The number of anilines is 2. The lowest BCUT2D eigenvalue weighted by Crippen LogP contribution is -2.28. The molecule has 0 unspecified atom stereocenters. The van der Waals surface area contributed by atoms with Crippen molar-refractivity contribution in [3.05, 3.63) is 21.8 Å². The Morgan fingerprint density at radius 1 is 1.41 bits per heavy atom. The molecule has 3 heteroatoms. The number of nitrogen functional groups attached to an aromatic ring is 1. The zero-order valence-corrected chi connectivity index (χ0v) is 12.8. The molecule has 0 radical (unpaired) electrons. The number of hydrogen-bond donors (Lipinski definition) is 1. The predicted octanol–water partition coefficient (Wildman–Crippen LogP) is 3.89. The van der Waals surface area contributed by atoms with Gasteiger partial charge in [-0.1, -0.05) is 13.8 Å². The summed E-state index contributed by atoms with van der Waals surface area (Å²) < 4.78 is 1.28. The van der Waals surface area contributed by atoms with E-state index in [4.69, 9.17) is 5.73 Å². The summed E-state index contributed by atoms with van der Waals surface area (Å²) in [5.74, 6) is 0.766. The third-order valence-electron chi connectivity index (χ3n) is 3.22. The number of nitrogens with two attached hydrogens (primary N) is 1. The van der Waals surface area contributed by atoms with E-state index in [1.807, 2.05) is 6.07 Å². The number of halogens is 1. The fraction of sp³-hybridized carbons (Fsp3) is 0.571. The van der Waals surface area contributed by atoms with Gasteiger partial charge >= 0.3 is 0 Å². The molecule has 0 amide bonds. The van der Waals surface area contributed by atoms with E-state index in [1.54, 1.807) is 0 Å². The number of benzene rings is 1. The van der Waals surface area contributed by atoms with E-state index in [0.29, 0.717) is 0 Å². The van der Waals surface area contributed by atoms with Gasteiger partial charge in [0.05, 0.1) is 5.69 Å². The van der Waals surface area contributed by atoms with Gasteiger partial charge in [-0.3, -0.25) is 0 Å². The van der Waals surface area contributed by atoms with E-state index in [-0.39, 0.29) is 0 Å². The summed E-state index contributed by atoms with van der Waals surface area (Å²) >= 11 is 2.40. The first-order chi connectivity index (χ1) is 8.08. The second kappa shape index (κ2) is 5.46. The lowest BCUT2D eigenvalue weighted by atomic mass is 10.1. The minimum Gasteiger partial charge on any atom is -0.399 e. The molecule has 2 N–H and O–H groups in total. The van der Waals surface area contributed by atoms with Crippen molar-refractivity contribution >= 4 is 34.0 Å². The fourth-order valence-electron chi connectivity index (χ4n) is 2.04. The molecule has 0 aliphatic heterocycles. The van der Waals surface area contributed by atoms with Crippen LogP contribution >= 0.6 is 22.6 Å². The molecule has 1 aliphatic rings. The van der Waals surface area contributed by atoms with E-state index in [0.717, 1.165) is 17.6 Å². The first-order valence-electron chi connectivity index (χ1n) is 6.39. The normalized spacial score (nSPS) is 15.3. The SMILES string of the molecule is CC(C)CCN(c1ccc(N)cc1I)C1CC1. The maximum absolute atomic E-state index is 5.82. The summed E-state index contributed by atoms with van der Waals surface area (Å²) in [5, 5.41) is 0. The van der Waals surface area contributed by atoms with E-state index in [2.05, 4.69) is 53.5 Å². The molecule has 1 saturated carbocycles. The minimum atomic E-state index is 0.766. The third kappa shape index (κ3) is 3.50. The van der Waals surface area contributed by atoms with Crippen LogP contribution < -0.4 is 10.6 Å². The van der Waals surface area contributed by atoms with E-state index < -0.39 is 0 Å². The highest BCUT2D eigenvalue weighted by molar-refractivity contribution is 14.1. The summed E-state index contributed by atoms with van der Waals surface area (Å²) in [7, 11) is 0. The molecule has 17 heavy (non-hydrogen) atoms. The van der Waals surface area contributed by atoms with Crippen LogP contribution in [0.1, 0.15) is 33.1 Å². The Bertz CT molecular complexity index is 386. The first-order valence-corrected chi connectivity index (χ1v) is 7.47. The monoisotopic (exact) mass is 344 g/mol. The molecule has 94 valence electrons. The number of rotatable bonds is 5. The molecular weight excluding hydrogens is 323 g/mol. The van der Waals surface area contributed by atoms with Gasteiger partial charge in [0, 0.05) is 21.8 Å². The van der Waals surface area contributed by atoms with Crippen molar-refractivity contribution in [2.45, 2.75) is 39.2 Å². The van der Waals surface area contributed by atoms with Crippen LogP contribution in [0.25, 0.3) is 0 Å². The van der Waals surface area contributed by atoms with Gasteiger partial charge in [0.2, 0.25) is 0 Å². The van der Waals surface area contributed by atoms with Crippen LogP contribution in [0.4, 0.5) is 11.4 Å². The maximum atomic E-state index is 5.82. The Hall–Kier alpha value is -0.450. The molecule has 0 saturated heterocycles. The summed E-state index contributed by atoms with van der Waals surface area (Å²) in [5.41, 5.74) is 8.04. The molecule has 2 rings (SSSR count). The van der Waals surface area contributed by atoms with Crippen molar-refractivity contribution in [2.24, 2.45) is 5.92 Å². The first kappa shape index (κ1) is 13.0. The Balaban J connectivity index is 2.14. The van der Waals surface area contributed by atoms with Crippen LogP contribution in [0.2, 0.25) is 0 Å². The molecule has 0 heterocycles. The molecule has 0 aromatic heterocycles. The summed E-state index contributed by atoms with van der Waals surface area (Å²) in [6, 6.07) is 7.03. The second-order valence-corrected chi connectivity index (χ2v) is 6.48. The average molecular weight is 344 g/mol. The van der Waals surface area contributed by atoms with Crippen LogP contribution in [0.3, 0.4) is 0 Å². The van der Waals surface area contributed by atoms with Crippen LogP contribution in [0.5, 0.6) is 0 Å². The predicted molar refractivity (Wildman–Crippen MR) is 83.4 cm³/mol. The molecular formula is C14H21IN2. The van der Waals surface area contributed by atoms with Gasteiger partial charge in [0.25, 0.3) is 0 Å². The fourth-order valence-corrected chi connectivity index (χ4v) is 2.89. The molecule has 1 fully saturated rings. The standard InChI is InChI=1S/C14H21IN2/c1-10(2)7-8-17(12-4-5-12)14-6-3-11(16)9-13(14)15/h3,6,9-10,12H,4-5,7-8,16H2,1-2H3. The maximum Gasteiger partial charge on any atom is 0.0505 e. The molecule has 0 spiro atoms. The van der Waals surface area contributed by atoms with Crippen LogP contribution in [-0.2, 0) is 0 Å². The van der Waals surface area contributed by atoms with Crippen molar-refractivity contribution in [3.63, 3.8) is 0 Å².